The first-order valence-electron chi connectivity index (χ1n) is 10.5. The SMILES string of the molecule is CC(C)C1OB(c2ccc3oc4cc5c(cc4c3c2)oc2ccccc25)OC1(C)C. The molecule has 5 heteroatoms. The maximum atomic E-state index is 6.30. The molecule has 0 radical (unpaired) electrons. The van der Waals surface area contributed by atoms with E-state index in [2.05, 4.69) is 52.0 Å². The van der Waals surface area contributed by atoms with Crippen molar-refractivity contribution in [1.82, 2.24) is 0 Å². The Kier molecular flexibility index (Phi) is 3.69. The van der Waals surface area contributed by atoms with Crippen LogP contribution in [0.3, 0.4) is 0 Å². The second kappa shape index (κ2) is 6.13. The average Bonchev–Trinajstić information content (AvgIpc) is 3.35. The van der Waals surface area contributed by atoms with Gasteiger partial charge in [-0.3, -0.25) is 0 Å². The van der Waals surface area contributed by atoms with E-state index in [9.17, 15) is 0 Å². The summed E-state index contributed by atoms with van der Waals surface area (Å²) in [4.78, 5) is 0. The highest BCUT2D eigenvalue weighted by Gasteiger charge is 2.47. The molecule has 1 aliphatic heterocycles. The van der Waals surface area contributed by atoms with E-state index in [1.54, 1.807) is 0 Å². The molecule has 0 N–H and O–H groups in total. The van der Waals surface area contributed by atoms with Crippen molar-refractivity contribution in [2.75, 3.05) is 0 Å². The minimum absolute atomic E-state index is 0.0504. The van der Waals surface area contributed by atoms with Crippen LogP contribution >= 0.6 is 0 Å². The number of furan rings is 2. The van der Waals surface area contributed by atoms with Gasteiger partial charge in [-0.25, -0.2) is 0 Å². The molecule has 0 bridgehead atoms. The molecule has 3 aromatic carbocycles. The van der Waals surface area contributed by atoms with E-state index in [1.807, 2.05) is 30.3 Å². The highest BCUT2D eigenvalue weighted by Crippen LogP contribution is 2.37. The molecule has 0 spiro atoms. The summed E-state index contributed by atoms with van der Waals surface area (Å²) >= 11 is 0. The maximum absolute atomic E-state index is 6.30. The Morgan fingerprint density at radius 2 is 1.40 bits per heavy atom. The van der Waals surface area contributed by atoms with Gasteiger partial charge in [0.2, 0.25) is 0 Å². The third-order valence-electron chi connectivity index (χ3n) is 6.24. The first kappa shape index (κ1) is 18.0. The number of para-hydroxylation sites is 1. The summed E-state index contributed by atoms with van der Waals surface area (Å²) in [6, 6.07) is 18.4. The van der Waals surface area contributed by atoms with E-state index < -0.39 is 0 Å². The molecule has 4 nitrogen and oxygen atoms in total. The molecule has 1 unspecified atom stereocenters. The highest BCUT2D eigenvalue weighted by molar-refractivity contribution is 6.62. The lowest BCUT2D eigenvalue weighted by atomic mass is 9.78. The molecule has 1 saturated heterocycles. The Morgan fingerprint density at radius 3 is 2.10 bits per heavy atom. The molecule has 30 heavy (non-hydrogen) atoms. The van der Waals surface area contributed by atoms with Gasteiger partial charge in [-0.05, 0) is 49.5 Å². The van der Waals surface area contributed by atoms with Crippen LogP contribution in [0, 0.1) is 5.92 Å². The lowest BCUT2D eigenvalue weighted by molar-refractivity contribution is 0.0438. The Bertz CT molecular complexity index is 1430. The predicted molar refractivity (Wildman–Crippen MR) is 121 cm³/mol. The van der Waals surface area contributed by atoms with Crippen molar-refractivity contribution in [3.63, 3.8) is 0 Å². The number of fused-ring (bicyclic) bond motifs is 6. The highest BCUT2D eigenvalue weighted by atomic mass is 16.7. The third kappa shape index (κ3) is 2.55. The van der Waals surface area contributed by atoms with Crippen LogP contribution in [-0.4, -0.2) is 18.8 Å². The van der Waals surface area contributed by atoms with Gasteiger partial charge < -0.3 is 18.1 Å². The normalized spacial score (nSPS) is 19.2. The molecule has 1 aliphatic rings. The fourth-order valence-corrected chi connectivity index (χ4v) is 4.93. The lowest BCUT2D eigenvalue weighted by Gasteiger charge is -2.28. The lowest BCUT2D eigenvalue weighted by Crippen LogP contribution is -2.36. The fraction of sp³-hybridized carbons (Fsp3) is 0.280. The average molecular weight is 398 g/mol. The molecule has 3 heterocycles. The van der Waals surface area contributed by atoms with E-state index in [-0.39, 0.29) is 18.8 Å². The predicted octanol–water partition coefficient (Wildman–Crippen LogP) is 6.03. The van der Waals surface area contributed by atoms with E-state index in [4.69, 9.17) is 18.1 Å². The van der Waals surface area contributed by atoms with Crippen LogP contribution in [0.4, 0.5) is 0 Å². The minimum atomic E-state index is -0.378. The maximum Gasteiger partial charge on any atom is 0.494 e. The molecule has 0 amide bonds. The quantitative estimate of drug-likeness (QED) is 0.341. The van der Waals surface area contributed by atoms with Crippen molar-refractivity contribution in [3.05, 3.63) is 54.6 Å². The molecule has 0 saturated carbocycles. The zero-order chi connectivity index (χ0) is 20.6. The smallest absolute Gasteiger partial charge is 0.456 e. The summed E-state index contributed by atoms with van der Waals surface area (Å²) in [7, 11) is -0.378. The monoisotopic (exact) mass is 398 g/mol. The molecular weight excluding hydrogens is 375 g/mol. The van der Waals surface area contributed by atoms with Gasteiger partial charge in [0.1, 0.15) is 22.3 Å². The number of rotatable bonds is 2. The second-order valence-electron chi connectivity index (χ2n) is 9.15. The van der Waals surface area contributed by atoms with Crippen molar-refractivity contribution in [2.45, 2.75) is 39.4 Å². The summed E-state index contributed by atoms with van der Waals surface area (Å²) in [5, 5.41) is 4.26. The van der Waals surface area contributed by atoms with Crippen LogP contribution in [0.15, 0.2) is 63.4 Å². The van der Waals surface area contributed by atoms with Crippen molar-refractivity contribution in [1.29, 1.82) is 0 Å². The van der Waals surface area contributed by atoms with Crippen molar-refractivity contribution in [3.8, 4) is 0 Å². The van der Waals surface area contributed by atoms with Crippen LogP contribution in [0.5, 0.6) is 0 Å². The van der Waals surface area contributed by atoms with Crippen LogP contribution in [0.25, 0.3) is 43.9 Å². The number of hydrogen-bond acceptors (Lipinski definition) is 4. The molecule has 150 valence electrons. The van der Waals surface area contributed by atoms with E-state index in [0.29, 0.717) is 5.92 Å². The summed E-state index contributed by atoms with van der Waals surface area (Å²) < 4.78 is 24.8. The van der Waals surface area contributed by atoms with Crippen molar-refractivity contribution in [2.24, 2.45) is 5.92 Å². The van der Waals surface area contributed by atoms with E-state index in [0.717, 1.165) is 49.3 Å². The Hall–Kier alpha value is -2.76. The summed E-state index contributed by atoms with van der Waals surface area (Å²) in [5.41, 5.74) is 4.14. The number of hydrogen-bond donors (Lipinski definition) is 0. The van der Waals surface area contributed by atoms with Crippen LogP contribution in [0.2, 0.25) is 0 Å². The van der Waals surface area contributed by atoms with Gasteiger partial charge in [0.25, 0.3) is 0 Å². The van der Waals surface area contributed by atoms with Gasteiger partial charge in [-0.15, -0.1) is 0 Å². The first-order valence-corrected chi connectivity index (χ1v) is 10.5. The van der Waals surface area contributed by atoms with Crippen molar-refractivity contribution < 1.29 is 18.1 Å². The molecule has 0 aliphatic carbocycles. The summed E-state index contributed by atoms with van der Waals surface area (Å²) in [5.74, 6) is 0.379. The van der Waals surface area contributed by atoms with Crippen LogP contribution < -0.4 is 5.46 Å². The van der Waals surface area contributed by atoms with Gasteiger partial charge >= 0.3 is 7.12 Å². The van der Waals surface area contributed by atoms with Crippen LogP contribution in [0.1, 0.15) is 27.7 Å². The molecule has 6 rings (SSSR count). The van der Waals surface area contributed by atoms with E-state index in [1.165, 1.54) is 0 Å². The summed E-state index contributed by atoms with van der Waals surface area (Å²) in [6.45, 7) is 8.54. The third-order valence-corrected chi connectivity index (χ3v) is 6.24. The topological polar surface area (TPSA) is 44.7 Å². The Labute approximate surface area is 174 Å². The van der Waals surface area contributed by atoms with E-state index >= 15 is 0 Å². The summed E-state index contributed by atoms with van der Waals surface area (Å²) in [6.07, 6.45) is 0.0504. The van der Waals surface area contributed by atoms with Crippen molar-refractivity contribution >= 4 is 56.5 Å². The Morgan fingerprint density at radius 1 is 0.767 bits per heavy atom. The van der Waals surface area contributed by atoms with Gasteiger partial charge in [0.05, 0.1) is 11.7 Å². The van der Waals surface area contributed by atoms with Gasteiger partial charge in [0.15, 0.2) is 0 Å². The molecule has 5 aromatic rings. The molecule has 2 aromatic heterocycles. The molecule has 1 atom stereocenters. The van der Waals surface area contributed by atoms with Gasteiger partial charge in [0, 0.05) is 21.5 Å². The largest absolute Gasteiger partial charge is 0.494 e. The Balaban J connectivity index is 1.50. The fourth-order valence-electron chi connectivity index (χ4n) is 4.93. The zero-order valence-corrected chi connectivity index (χ0v) is 17.6. The standard InChI is InChI=1S/C25H23BO4/c1-14(2)24-25(3,4)30-26(29-24)15-9-10-21-17(11-15)19-13-22-18(12-23(19)28-21)16-7-5-6-8-20(16)27-22/h5-14,24H,1-4H3. The second-order valence-corrected chi connectivity index (χ2v) is 9.15. The van der Waals surface area contributed by atoms with Crippen LogP contribution in [-0.2, 0) is 9.31 Å². The minimum Gasteiger partial charge on any atom is -0.456 e. The van der Waals surface area contributed by atoms with Gasteiger partial charge in [-0.1, -0.05) is 44.2 Å². The number of benzene rings is 3. The molecule has 1 fully saturated rings. The first-order chi connectivity index (χ1) is 14.4. The molecular formula is C25H23BO4. The zero-order valence-electron chi connectivity index (χ0n) is 17.6. The van der Waals surface area contributed by atoms with Gasteiger partial charge in [-0.2, -0.15) is 0 Å².